The van der Waals surface area contributed by atoms with Gasteiger partial charge in [0, 0.05) is 11.1 Å². The number of nitrogens with zero attached hydrogens (tertiary/aromatic N) is 1. The van der Waals surface area contributed by atoms with Crippen LogP contribution in [0.4, 0.5) is 0 Å². The molecule has 0 bridgehead atoms. The van der Waals surface area contributed by atoms with Crippen LogP contribution in [-0.2, 0) is 19.4 Å². The minimum absolute atomic E-state index is 0.0475. The molecule has 1 saturated heterocycles. The fourth-order valence-electron chi connectivity index (χ4n) is 3.17. The van der Waals surface area contributed by atoms with E-state index in [9.17, 15) is 18.0 Å². The number of sulfone groups is 1. The summed E-state index contributed by atoms with van der Waals surface area (Å²) in [6.45, 7) is 2.98. The lowest BCUT2D eigenvalue weighted by atomic mass is 10.0. The lowest BCUT2D eigenvalue weighted by molar-refractivity contribution is -0.125. The van der Waals surface area contributed by atoms with Gasteiger partial charge in [-0.3, -0.25) is 9.78 Å². The summed E-state index contributed by atoms with van der Waals surface area (Å²) in [5.41, 5.74) is 0.870. The monoisotopic (exact) mass is 376 g/mol. The molecular weight excluding hydrogens is 356 g/mol. The van der Waals surface area contributed by atoms with E-state index >= 15 is 0 Å². The number of rotatable bonds is 4. The number of nitrogens with one attached hydrogen (secondary N) is 1. The standard InChI is InChI=1S/C18H20N2O5S/c1-12-9-14(13-5-3-4-6-15(13)19-12)17(22)25-10-16(21)20-18(2)7-8-26(23,24)11-18/h3-6,9H,7-8,10-11H2,1-2H3,(H,20,21)/t18-/m1/s1. The number of hydrogen-bond acceptors (Lipinski definition) is 6. The van der Waals surface area contributed by atoms with Gasteiger partial charge in [-0.25, -0.2) is 13.2 Å². The van der Waals surface area contributed by atoms with Gasteiger partial charge in [0.05, 0.1) is 28.1 Å². The molecule has 0 saturated carbocycles. The van der Waals surface area contributed by atoms with Crippen molar-refractivity contribution in [2.24, 2.45) is 0 Å². The maximum Gasteiger partial charge on any atom is 0.339 e. The molecule has 1 amide bonds. The van der Waals surface area contributed by atoms with Crippen LogP contribution in [0, 0.1) is 6.92 Å². The largest absolute Gasteiger partial charge is 0.452 e. The number of benzene rings is 1. The minimum Gasteiger partial charge on any atom is -0.452 e. The fourth-order valence-corrected chi connectivity index (χ4v) is 5.26. The van der Waals surface area contributed by atoms with Crippen molar-refractivity contribution in [3.8, 4) is 0 Å². The number of para-hydroxylation sites is 1. The zero-order valence-electron chi connectivity index (χ0n) is 14.6. The first-order chi connectivity index (χ1) is 12.2. The first-order valence-corrected chi connectivity index (χ1v) is 10.0. The van der Waals surface area contributed by atoms with Crippen LogP contribution in [0.25, 0.3) is 10.9 Å². The number of esters is 1. The molecule has 0 radical (unpaired) electrons. The van der Waals surface area contributed by atoms with Crippen LogP contribution in [0.3, 0.4) is 0 Å². The topological polar surface area (TPSA) is 102 Å². The molecule has 7 nitrogen and oxygen atoms in total. The average molecular weight is 376 g/mol. The van der Waals surface area contributed by atoms with Gasteiger partial charge in [0.2, 0.25) is 0 Å². The molecule has 1 aliphatic rings. The van der Waals surface area contributed by atoms with E-state index in [-0.39, 0.29) is 11.5 Å². The van der Waals surface area contributed by atoms with E-state index in [0.29, 0.717) is 28.6 Å². The molecule has 1 aromatic carbocycles. The van der Waals surface area contributed by atoms with Crippen molar-refractivity contribution in [2.75, 3.05) is 18.1 Å². The summed E-state index contributed by atoms with van der Waals surface area (Å²) in [7, 11) is -3.13. The number of ether oxygens (including phenoxy) is 1. The van der Waals surface area contributed by atoms with Crippen LogP contribution in [-0.4, -0.2) is 48.9 Å². The van der Waals surface area contributed by atoms with E-state index in [1.807, 2.05) is 6.07 Å². The molecule has 2 aromatic rings. The van der Waals surface area contributed by atoms with E-state index < -0.39 is 33.9 Å². The Kier molecular flexibility index (Phi) is 4.70. The number of carbonyl (C=O) groups is 2. The maximum atomic E-state index is 12.4. The molecule has 0 unspecified atom stereocenters. The Bertz CT molecular complexity index is 986. The maximum absolute atomic E-state index is 12.4. The second-order valence-corrected chi connectivity index (χ2v) is 9.04. The summed E-state index contributed by atoms with van der Waals surface area (Å²) >= 11 is 0. The number of carbonyl (C=O) groups excluding carboxylic acids is 2. The van der Waals surface area contributed by atoms with E-state index in [2.05, 4.69) is 10.3 Å². The Morgan fingerprint density at radius 3 is 2.73 bits per heavy atom. The number of fused-ring (bicyclic) bond motifs is 1. The predicted molar refractivity (Wildman–Crippen MR) is 96.6 cm³/mol. The van der Waals surface area contributed by atoms with Crippen LogP contribution >= 0.6 is 0 Å². The zero-order chi connectivity index (χ0) is 18.9. The fraction of sp³-hybridized carbons (Fsp3) is 0.389. The normalized spacial score (nSPS) is 21.5. The number of aryl methyl sites for hydroxylation is 1. The summed E-state index contributed by atoms with van der Waals surface area (Å²) in [5, 5.41) is 3.31. The van der Waals surface area contributed by atoms with E-state index in [0.717, 1.165) is 0 Å². The lowest BCUT2D eigenvalue weighted by Crippen LogP contribution is -2.48. The van der Waals surface area contributed by atoms with Crippen LogP contribution < -0.4 is 5.32 Å². The SMILES string of the molecule is Cc1cc(C(=O)OCC(=O)N[C@]2(C)CCS(=O)(=O)C2)c2ccccc2n1. The molecule has 1 atom stereocenters. The molecule has 26 heavy (non-hydrogen) atoms. The molecule has 0 aliphatic carbocycles. The molecule has 3 rings (SSSR count). The summed E-state index contributed by atoms with van der Waals surface area (Å²) in [4.78, 5) is 28.9. The van der Waals surface area contributed by atoms with Gasteiger partial charge in [-0.1, -0.05) is 18.2 Å². The Hall–Kier alpha value is -2.48. The van der Waals surface area contributed by atoms with E-state index in [1.165, 1.54) is 0 Å². The van der Waals surface area contributed by atoms with Gasteiger partial charge in [-0.2, -0.15) is 0 Å². The van der Waals surface area contributed by atoms with Gasteiger partial charge in [-0.15, -0.1) is 0 Å². The van der Waals surface area contributed by atoms with Gasteiger partial charge in [-0.05, 0) is 32.4 Å². The second-order valence-electron chi connectivity index (χ2n) is 6.86. The van der Waals surface area contributed by atoms with Crippen LogP contribution in [0.1, 0.15) is 29.4 Å². The quantitative estimate of drug-likeness (QED) is 0.809. The Morgan fingerprint density at radius 2 is 2.04 bits per heavy atom. The lowest BCUT2D eigenvalue weighted by Gasteiger charge is -2.23. The number of hydrogen-bond donors (Lipinski definition) is 1. The van der Waals surface area contributed by atoms with Gasteiger partial charge in [0.25, 0.3) is 5.91 Å². The highest BCUT2D eigenvalue weighted by Gasteiger charge is 2.39. The molecule has 8 heteroatoms. The first-order valence-electron chi connectivity index (χ1n) is 8.22. The first kappa shape index (κ1) is 18.3. The van der Waals surface area contributed by atoms with Crippen molar-refractivity contribution < 1.29 is 22.7 Å². The second kappa shape index (κ2) is 6.68. The van der Waals surface area contributed by atoms with Crippen molar-refractivity contribution in [1.29, 1.82) is 0 Å². The van der Waals surface area contributed by atoms with Crippen molar-refractivity contribution in [3.05, 3.63) is 41.6 Å². The summed E-state index contributed by atoms with van der Waals surface area (Å²) in [5.74, 6) is -1.20. The average Bonchev–Trinajstić information content (AvgIpc) is 2.84. The number of amides is 1. The molecule has 0 spiro atoms. The highest BCUT2D eigenvalue weighted by molar-refractivity contribution is 7.91. The Morgan fingerprint density at radius 1 is 1.31 bits per heavy atom. The minimum atomic E-state index is -3.13. The molecule has 1 aliphatic heterocycles. The summed E-state index contributed by atoms with van der Waals surface area (Å²) < 4.78 is 28.3. The van der Waals surface area contributed by atoms with Crippen LogP contribution in [0.2, 0.25) is 0 Å². The van der Waals surface area contributed by atoms with Crippen molar-refractivity contribution in [2.45, 2.75) is 25.8 Å². The molecule has 138 valence electrons. The van der Waals surface area contributed by atoms with Gasteiger partial charge in [0.15, 0.2) is 16.4 Å². The van der Waals surface area contributed by atoms with Crippen molar-refractivity contribution >= 4 is 32.6 Å². The summed E-state index contributed by atoms with van der Waals surface area (Å²) in [6.07, 6.45) is 0.350. The zero-order valence-corrected chi connectivity index (χ0v) is 15.4. The molecule has 1 N–H and O–H groups in total. The molecule has 2 heterocycles. The van der Waals surface area contributed by atoms with Gasteiger partial charge in [0.1, 0.15) is 0 Å². The number of aromatic nitrogens is 1. The smallest absolute Gasteiger partial charge is 0.339 e. The third-order valence-electron chi connectivity index (χ3n) is 4.34. The van der Waals surface area contributed by atoms with Gasteiger partial charge >= 0.3 is 5.97 Å². The third kappa shape index (κ3) is 4.01. The Balaban J connectivity index is 1.67. The van der Waals surface area contributed by atoms with Crippen molar-refractivity contribution in [3.63, 3.8) is 0 Å². The molecule has 1 fully saturated rings. The highest BCUT2D eigenvalue weighted by atomic mass is 32.2. The third-order valence-corrected chi connectivity index (χ3v) is 6.25. The molecule has 1 aromatic heterocycles. The molecular formula is C18H20N2O5S. The Labute approximate surface area is 151 Å². The summed E-state index contributed by atoms with van der Waals surface area (Å²) in [6, 6.07) is 8.81. The van der Waals surface area contributed by atoms with Gasteiger partial charge < -0.3 is 10.1 Å². The van der Waals surface area contributed by atoms with Crippen LogP contribution in [0.5, 0.6) is 0 Å². The number of pyridine rings is 1. The predicted octanol–water partition coefficient (Wildman–Crippen LogP) is 1.39. The van der Waals surface area contributed by atoms with E-state index in [1.54, 1.807) is 38.1 Å². The van der Waals surface area contributed by atoms with E-state index in [4.69, 9.17) is 4.74 Å². The van der Waals surface area contributed by atoms with Crippen molar-refractivity contribution in [1.82, 2.24) is 10.3 Å². The highest BCUT2D eigenvalue weighted by Crippen LogP contribution is 2.23. The van der Waals surface area contributed by atoms with Crippen LogP contribution in [0.15, 0.2) is 30.3 Å².